The van der Waals surface area contributed by atoms with Crippen molar-refractivity contribution in [2.24, 2.45) is 0 Å². The average molecular weight is 463 g/mol. The molecule has 2 aliphatic rings. The molecule has 4 rings (SSSR count). The normalized spacial score (nSPS) is 19.4. The summed E-state index contributed by atoms with van der Waals surface area (Å²) in [4.78, 5) is 38.3. The van der Waals surface area contributed by atoms with Crippen LogP contribution in [0.5, 0.6) is 0 Å². The zero-order valence-corrected chi connectivity index (χ0v) is 18.7. The number of fused-ring (bicyclic) bond motifs is 3. The zero-order chi connectivity index (χ0) is 24.2. The van der Waals surface area contributed by atoms with Crippen molar-refractivity contribution in [3.63, 3.8) is 0 Å². The number of carboxylic acids is 1. The number of benzene rings is 2. The van der Waals surface area contributed by atoms with Crippen molar-refractivity contribution < 1.29 is 29.3 Å². The van der Waals surface area contributed by atoms with Gasteiger partial charge in [0.15, 0.2) is 0 Å². The Morgan fingerprint density at radius 1 is 1.12 bits per heavy atom. The summed E-state index contributed by atoms with van der Waals surface area (Å²) in [5.74, 6) is 3.49. The molecular weight excluding hydrogens is 436 g/mol. The van der Waals surface area contributed by atoms with E-state index in [0.717, 1.165) is 27.2 Å². The third kappa shape index (κ3) is 4.61. The van der Waals surface area contributed by atoms with Gasteiger partial charge in [0.2, 0.25) is 5.91 Å². The molecule has 0 radical (unpaired) electrons. The first-order chi connectivity index (χ1) is 16.4. The number of amides is 2. The molecule has 1 saturated heterocycles. The summed E-state index contributed by atoms with van der Waals surface area (Å²) in [6.45, 7) is 1.58. The maximum Gasteiger partial charge on any atom is 0.407 e. The number of aliphatic carboxylic acids is 1. The van der Waals surface area contributed by atoms with Crippen molar-refractivity contribution in [2.45, 2.75) is 43.9 Å². The molecule has 0 bridgehead atoms. The second kappa shape index (κ2) is 9.98. The molecule has 0 spiro atoms. The standard InChI is InChI=1S/C26H26N2O6/c1-2-3-12-22(24(30)28-14-16(29)13-23(28)25(31)32)27-26(33)34-15-21-19-10-6-4-8-17(19)18-9-5-7-11-20(18)21/h4-11,16,21-23,29H,12-15H2,1H3,(H,27,33)(H,31,32)/t16-,22?,23-/m0/s1. The SMILES string of the molecule is CC#CCC(NC(=O)OCC1c2ccccc2-c2ccccc21)C(=O)N1C[C@@H](O)C[C@H]1C(=O)O. The van der Waals surface area contributed by atoms with Gasteiger partial charge in [-0.2, -0.15) is 0 Å². The number of hydrogen-bond acceptors (Lipinski definition) is 5. The number of aliphatic hydroxyl groups is 1. The Morgan fingerprint density at radius 3 is 2.32 bits per heavy atom. The highest BCUT2D eigenvalue weighted by molar-refractivity contribution is 5.90. The van der Waals surface area contributed by atoms with Gasteiger partial charge in [0.25, 0.3) is 0 Å². The van der Waals surface area contributed by atoms with E-state index in [4.69, 9.17) is 4.74 Å². The highest BCUT2D eigenvalue weighted by atomic mass is 16.5. The van der Waals surface area contributed by atoms with Gasteiger partial charge in [-0.3, -0.25) is 4.79 Å². The van der Waals surface area contributed by atoms with Gasteiger partial charge in [0, 0.05) is 25.3 Å². The number of β-amino-alcohol motifs (C(OH)–C–C–N with tert-alkyl or cyclic N) is 1. The number of ether oxygens (including phenoxy) is 1. The molecule has 0 saturated carbocycles. The third-order valence-electron chi connectivity index (χ3n) is 6.26. The maximum atomic E-state index is 13.0. The largest absolute Gasteiger partial charge is 0.480 e. The predicted octanol–water partition coefficient (Wildman–Crippen LogP) is 2.35. The quantitative estimate of drug-likeness (QED) is 0.568. The monoisotopic (exact) mass is 462 g/mol. The van der Waals surface area contributed by atoms with Crippen LogP contribution in [0.15, 0.2) is 48.5 Å². The van der Waals surface area contributed by atoms with Gasteiger partial charge in [-0.15, -0.1) is 11.8 Å². The number of likely N-dealkylation sites (tertiary alicyclic amines) is 1. The number of carboxylic acid groups (broad SMARTS) is 1. The minimum absolute atomic E-state index is 0.00152. The molecule has 2 aromatic rings. The molecular formula is C26H26N2O6. The molecule has 8 nitrogen and oxygen atoms in total. The van der Waals surface area contributed by atoms with Crippen LogP contribution in [-0.4, -0.2) is 64.4 Å². The Bertz CT molecular complexity index is 1120. The van der Waals surface area contributed by atoms with Crippen molar-refractivity contribution in [3.8, 4) is 23.0 Å². The van der Waals surface area contributed by atoms with E-state index >= 15 is 0 Å². The van der Waals surface area contributed by atoms with Gasteiger partial charge >= 0.3 is 12.1 Å². The Balaban J connectivity index is 1.45. The molecule has 1 aliphatic heterocycles. The average Bonchev–Trinajstić information content (AvgIpc) is 3.38. The molecule has 2 aromatic carbocycles. The Labute approximate surface area is 197 Å². The summed E-state index contributed by atoms with van der Waals surface area (Å²) in [5, 5.41) is 21.8. The van der Waals surface area contributed by atoms with Crippen molar-refractivity contribution >= 4 is 18.0 Å². The molecule has 34 heavy (non-hydrogen) atoms. The number of aliphatic hydroxyl groups excluding tert-OH is 1. The highest BCUT2D eigenvalue weighted by Gasteiger charge is 2.41. The first-order valence-electron chi connectivity index (χ1n) is 11.1. The van der Waals surface area contributed by atoms with Gasteiger partial charge in [-0.05, 0) is 29.2 Å². The van der Waals surface area contributed by atoms with Crippen LogP contribution in [0, 0.1) is 11.8 Å². The Morgan fingerprint density at radius 2 is 1.74 bits per heavy atom. The zero-order valence-electron chi connectivity index (χ0n) is 18.7. The summed E-state index contributed by atoms with van der Waals surface area (Å²) in [6, 6.07) is 13.7. The van der Waals surface area contributed by atoms with E-state index in [9.17, 15) is 24.6 Å². The molecule has 8 heteroatoms. The fraction of sp³-hybridized carbons (Fsp3) is 0.346. The van der Waals surface area contributed by atoms with Crippen molar-refractivity contribution in [2.75, 3.05) is 13.2 Å². The topological polar surface area (TPSA) is 116 Å². The number of alkyl carbamates (subject to hydrolysis) is 1. The lowest BCUT2D eigenvalue weighted by Gasteiger charge is -2.26. The van der Waals surface area contributed by atoms with Crippen LogP contribution < -0.4 is 5.32 Å². The van der Waals surface area contributed by atoms with Crippen molar-refractivity contribution in [1.29, 1.82) is 0 Å². The molecule has 2 amide bonds. The van der Waals surface area contributed by atoms with Crippen LogP contribution in [0.25, 0.3) is 11.1 Å². The Hall–Kier alpha value is -3.83. The fourth-order valence-corrected chi connectivity index (χ4v) is 4.68. The van der Waals surface area contributed by atoms with Crippen LogP contribution in [0.3, 0.4) is 0 Å². The number of nitrogens with one attached hydrogen (secondary N) is 1. The first-order valence-corrected chi connectivity index (χ1v) is 11.1. The molecule has 0 aromatic heterocycles. The number of carbonyl (C=O) groups is 3. The number of hydrogen-bond donors (Lipinski definition) is 3. The molecule has 1 fully saturated rings. The second-order valence-electron chi connectivity index (χ2n) is 8.39. The van der Waals surface area contributed by atoms with E-state index in [1.807, 2.05) is 48.5 Å². The van der Waals surface area contributed by atoms with Crippen LogP contribution in [0.2, 0.25) is 0 Å². The number of nitrogens with zero attached hydrogens (tertiary/aromatic N) is 1. The molecule has 3 N–H and O–H groups in total. The van der Waals surface area contributed by atoms with Crippen LogP contribution in [-0.2, 0) is 14.3 Å². The lowest BCUT2D eigenvalue weighted by molar-refractivity contribution is -0.148. The summed E-state index contributed by atoms with van der Waals surface area (Å²) in [6.07, 6.45) is -1.78. The van der Waals surface area contributed by atoms with Gasteiger partial charge in [0.1, 0.15) is 18.7 Å². The molecule has 1 aliphatic carbocycles. The lowest BCUT2D eigenvalue weighted by Crippen LogP contribution is -2.52. The summed E-state index contributed by atoms with van der Waals surface area (Å²) in [7, 11) is 0. The summed E-state index contributed by atoms with van der Waals surface area (Å²) >= 11 is 0. The second-order valence-corrected chi connectivity index (χ2v) is 8.39. The van der Waals surface area contributed by atoms with Gasteiger partial charge in [-0.25, -0.2) is 9.59 Å². The molecule has 176 valence electrons. The Kier molecular flexibility index (Phi) is 6.85. The van der Waals surface area contributed by atoms with E-state index in [1.165, 1.54) is 0 Å². The van der Waals surface area contributed by atoms with Crippen LogP contribution in [0.1, 0.15) is 36.8 Å². The summed E-state index contributed by atoms with van der Waals surface area (Å²) in [5.41, 5.74) is 4.34. The van der Waals surface area contributed by atoms with E-state index in [2.05, 4.69) is 17.2 Å². The van der Waals surface area contributed by atoms with E-state index in [1.54, 1.807) is 6.92 Å². The van der Waals surface area contributed by atoms with Gasteiger partial charge in [-0.1, -0.05) is 48.5 Å². The molecule has 3 atom stereocenters. The van der Waals surface area contributed by atoms with E-state index < -0.39 is 36.2 Å². The van der Waals surface area contributed by atoms with Crippen molar-refractivity contribution in [1.82, 2.24) is 10.2 Å². The third-order valence-corrected chi connectivity index (χ3v) is 6.26. The minimum Gasteiger partial charge on any atom is -0.480 e. The van der Waals surface area contributed by atoms with Crippen LogP contribution in [0.4, 0.5) is 4.79 Å². The maximum absolute atomic E-state index is 13.0. The van der Waals surface area contributed by atoms with E-state index in [-0.39, 0.29) is 31.9 Å². The molecule has 1 unspecified atom stereocenters. The highest BCUT2D eigenvalue weighted by Crippen LogP contribution is 2.44. The fourth-order valence-electron chi connectivity index (χ4n) is 4.68. The van der Waals surface area contributed by atoms with E-state index in [0.29, 0.717) is 0 Å². The number of carbonyl (C=O) groups excluding carboxylic acids is 2. The van der Waals surface area contributed by atoms with Gasteiger partial charge < -0.3 is 25.2 Å². The minimum atomic E-state index is -1.20. The predicted molar refractivity (Wildman–Crippen MR) is 124 cm³/mol. The molecule has 1 heterocycles. The lowest BCUT2D eigenvalue weighted by atomic mass is 9.98. The van der Waals surface area contributed by atoms with Gasteiger partial charge in [0.05, 0.1) is 6.10 Å². The summed E-state index contributed by atoms with van der Waals surface area (Å²) < 4.78 is 5.52. The number of rotatable bonds is 6. The first kappa shape index (κ1) is 23.3. The smallest absolute Gasteiger partial charge is 0.407 e. The van der Waals surface area contributed by atoms with Crippen LogP contribution >= 0.6 is 0 Å². The van der Waals surface area contributed by atoms with Crippen molar-refractivity contribution in [3.05, 3.63) is 59.7 Å².